The number of nitrogens with zero attached hydrogens (tertiary/aromatic N) is 3. The van der Waals surface area contributed by atoms with Gasteiger partial charge in [0.2, 0.25) is 0 Å². The Morgan fingerprint density at radius 3 is 2.50 bits per heavy atom. The van der Waals surface area contributed by atoms with Crippen molar-refractivity contribution in [2.75, 3.05) is 0 Å². The number of aliphatic hydroxyl groups excluding tert-OH is 1. The Morgan fingerprint density at radius 1 is 1.09 bits per heavy atom. The molecular formula is C16H13ClFN3O. The molecule has 1 aromatic heterocycles. The molecule has 112 valence electrons. The summed E-state index contributed by atoms with van der Waals surface area (Å²) in [7, 11) is 0. The van der Waals surface area contributed by atoms with E-state index < -0.39 is 0 Å². The van der Waals surface area contributed by atoms with Crippen LogP contribution in [0.15, 0.2) is 48.5 Å². The average molecular weight is 318 g/mol. The van der Waals surface area contributed by atoms with Crippen molar-refractivity contribution >= 4 is 11.6 Å². The molecule has 3 rings (SSSR count). The normalized spacial score (nSPS) is 10.9. The van der Waals surface area contributed by atoms with Gasteiger partial charge in [-0.2, -0.15) is 0 Å². The zero-order valence-corrected chi connectivity index (χ0v) is 12.3. The first-order valence-electron chi connectivity index (χ1n) is 6.71. The fraction of sp³-hybridized carbons (Fsp3) is 0.125. The molecule has 0 amide bonds. The molecule has 1 heterocycles. The largest absolute Gasteiger partial charge is 0.390 e. The third-order valence-electron chi connectivity index (χ3n) is 3.33. The molecule has 1 N–H and O–H groups in total. The molecule has 0 aliphatic heterocycles. The average Bonchev–Trinajstić information content (AvgIpc) is 2.93. The third-order valence-corrected chi connectivity index (χ3v) is 3.66. The van der Waals surface area contributed by atoms with Gasteiger partial charge >= 0.3 is 0 Å². The second kappa shape index (κ2) is 6.25. The van der Waals surface area contributed by atoms with Crippen LogP contribution in [-0.4, -0.2) is 20.1 Å². The second-order valence-electron chi connectivity index (χ2n) is 4.81. The Labute approximate surface area is 131 Å². The van der Waals surface area contributed by atoms with Crippen LogP contribution >= 0.6 is 11.6 Å². The Hall–Kier alpha value is -2.24. The molecular weight excluding hydrogens is 305 g/mol. The highest BCUT2D eigenvalue weighted by Gasteiger charge is 2.16. The summed E-state index contributed by atoms with van der Waals surface area (Å²) in [6, 6.07) is 13.5. The molecule has 0 radical (unpaired) electrons. The first kappa shape index (κ1) is 14.7. The van der Waals surface area contributed by atoms with Crippen LogP contribution in [0.3, 0.4) is 0 Å². The zero-order valence-electron chi connectivity index (χ0n) is 11.6. The first-order valence-corrected chi connectivity index (χ1v) is 7.09. The number of halogens is 2. The summed E-state index contributed by atoms with van der Waals surface area (Å²) in [5.74, 6) is -0.287. The van der Waals surface area contributed by atoms with E-state index in [2.05, 4.69) is 10.3 Å². The molecule has 0 bridgehead atoms. The van der Waals surface area contributed by atoms with Crippen molar-refractivity contribution in [3.05, 3.63) is 70.6 Å². The van der Waals surface area contributed by atoms with Crippen LogP contribution in [-0.2, 0) is 13.2 Å². The van der Waals surface area contributed by atoms with E-state index in [4.69, 9.17) is 11.6 Å². The summed E-state index contributed by atoms with van der Waals surface area (Å²) in [6.45, 7) is 0.178. The SMILES string of the molecule is OCc1nnn(Cc2ccc(F)cc2)c1-c1ccccc1Cl. The Morgan fingerprint density at radius 2 is 1.82 bits per heavy atom. The van der Waals surface area contributed by atoms with Crippen molar-refractivity contribution in [3.63, 3.8) is 0 Å². The maximum Gasteiger partial charge on any atom is 0.123 e. The second-order valence-corrected chi connectivity index (χ2v) is 5.21. The van der Waals surface area contributed by atoms with Crippen molar-refractivity contribution in [2.24, 2.45) is 0 Å². The van der Waals surface area contributed by atoms with Gasteiger partial charge in [0, 0.05) is 5.56 Å². The lowest BCUT2D eigenvalue weighted by Crippen LogP contribution is -2.05. The first-order chi connectivity index (χ1) is 10.7. The van der Waals surface area contributed by atoms with Gasteiger partial charge in [-0.05, 0) is 23.8 Å². The lowest BCUT2D eigenvalue weighted by molar-refractivity contribution is 0.277. The molecule has 0 saturated heterocycles. The van der Waals surface area contributed by atoms with Gasteiger partial charge in [0.1, 0.15) is 11.5 Å². The molecule has 0 unspecified atom stereocenters. The predicted molar refractivity (Wildman–Crippen MR) is 81.9 cm³/mol. The molecule has 3 aromatic rings. The molecule has 22 heavy (non-hydrogen) atoms. The molecule has 6 heteroatoms. The summed E-state index contributed by atoms with van der Waals surface area (Å²) in [5.41, 5.74) is 2.75. The highest BCUT2D eigenvalue weighted by molar-refractivity contribution is 6.33. The van der Waals surface area contributed by atoms with E-state index in [1.165, 1.54) is 12.1 Å². The van der Waals surface area contributed by atoms with E-state index in [-0.39, 0.29) is 12.4 Å². The molecule has 0 aliphatic rings. The lowest BCUT2D eigenvalue weighted by Gasteiger charge is -2.09. The minimum absolute atomic E-state index is 0.232. The van der Waals surface area contributed by atoms with E-state index in [1.54, 1.807) is 22.9 Å². The van der Waals surface area contributed by atoms with Crippen LogP contribution in [0.4, 0.5) is 4.39 Å². The Balaban J connectivity index is 2.04. The maximum atomic E-state index is 13.0. The van der Waals surface area contributed by atoms with E-state index in [0.717, 1.165) is 11.1 Å². The number of benzene rings is 2. The van der Waals surface area contributed by atoms with Gasteiger partial charge in [0.25, 0.3) is 0 Å². The summed E-state index contributed by atoms with van der Waals surface area (Å²) in [5, 5.41) is 18.1. The lowest BCUT2D eigenvalue weighted by atomic mass is 10.1. The van der Waals surface area contributed by atoms with Gasteiger partial charge in [0.15, 0.2) is 0 Å². The molecule has 0 saturated carbocycles. The highest BCUT2D eigenvalue weighted by atomic mass is 35.5. The highest BCUT2D eigenvalue weighted by Crippen LogP contribution is 2.29. The summed E-state index contributed by atoms with van der Waals surface area (Å²) in [4.78, 5) is 0. The van der Waals surface area contributed by atoms with Crippen LogP contribution < -0.4 is 0 Å². The molecule has 0 spiro atoms. The molecule has 0 fully saturated rings. The van der Waals surface area contributed by atoms with E-state index in [9.17, 15) is 9.50 Å². The number of aromatic nitrogens is 3. The van der Waals surface area contributed by atoms with Gasteiger partial charge in [-0.3, -0.25) is 0 Å². The number of rotatable bonds is 4. The van der Waals surface area contributed by atoms with Crippen LogP contribution in [0.1, 0.15) is 11.3 Å². The van der Waals surface area contributed by atoms with Crippen LogP contribution in [0, 0.1) is 5.82 Å². The smallest absolute Gasteiger partial charge is 0.123 e. The zero-order chi connectivity index (χ0) is 15.5. The number of aliphatic hydroxyl groups is 1. The molecule has 0 atom stereocenters. The van der Waals surface area contributed by atoms with Crippen molar-refractivity contribution in [2.45, 2.75) is 13.2 Å². The fourth-order valence-corrected chi connectivity index (χ4v) is 2.50. The van der Waals surface area contributed by atoms with Crippen molar-refractivity contribution in [1.82, 2.24) is 15.0 Å². The minimum atomic E-state index is -0.287. The van der Waals surface area contributed by atoms with E-state index in [0.29, 0.717) is 23.0 Å². The molecule has 2 aromatic carbocycles. The van der Waals surface area contributed by atoms with Crippen molar-refractivity contribution in [3.8, 4) is 11.3 Å². The van der Waals surface area contributed by atoms with E-state index >= 15 is 0 Å². The quantitative estimate of drug-likeness (QED) is 0.803. The van der Waals surface area contributed by atoms with Crippen molar-refractivity contribution in [1.29, 1.82) is 0 Å². The van der Waals surface area contributed by atoms with Gasteiger partial charge in [-0.1, -0.05) is 47.1 Å². The van der Waals surface area contributed by atoms with Gasteiger partial charge in [-0.25, -0.2) is 9.07 Å². The third kappa shape index (κ3) is 2.86. The Kier molecular flexibility index (Phi) is 4.18. The number of hydrogen-bond donors (Lipinski definition) is 1. The van der Waals surface area contributed by atoms with E-state index in [1.807, 2.05) is 18.2 Å². The van der Waals surface area contributed by atoms with Crippen LogP contribution in [0.2, 0.25) is 5.02 Å². The predicted octanol–water partition coefficient (Wildman–Crippen LogP) is 3.28. The maximum absolute atomic E-state index is 13.0. The topological polar surface area (TPSA) is 50.9 Å². The van der Waals surface area contributed by atoms with Gasteiger partial charge in [-0.15, -0.1) is 5.10 Å². The van der Waals surface area contributed by atoms with Gasteiger partial charge < -0.3 is 5.11 Å². The molecule has 4 nitrogen and oxygen atoms in total. The number of hydrogen-bond acceptors (Lipinski definition) is 3. The van der Waals surface area contributed by atoms with Crippen molar-refractivity contribution < 1.29 is 9.50 Å². The summed E-state index contributed by atoms with van der Waals surface area (Å²) < 4.78 is 14.6. The molecule has 0 aliphatic carbocycles. The van der Waals surface area contributed by atoms with Crippen LogP contribution in [0.5, 0.6) is 0 Å². The summed E-state index contributed by atoms with van der Waals surface area (Å²) in [6.07, 6.45) is 0. The summed E-state index contributed by atoms with van der Waals surface area (Å²) >= 11 is 6.24. The van der Waals surface area contributed by atoms with Crippen LogP contribution in [0.25, 0.3) is 11.3 Å². The Bertz CT molecular complexity index is 786. The monoisotopic (exact) mass is 317 g/mol. The standard InChI is InChI=1S/C16H13ClFN3O/c17-14-4-2-1-3-13(14)16-15(10-22)19-20-21(16)9-11-5-7-12(18)8-6-11/h1-8,22H,9-10H2. The minimum Gasteiger partial charge on any atom is -0.390 e. The fourth-order valence-electron chi connectivity index (χ4n) is 2.28. The van der Waals surface area contributed by atoms with Gasteiger partial charge in [0.05, 0.1) is 23.9 Å².